The minimum atomic E-state index is -0.0303. The van der Waals surface area contributed by atoms with Crippen molar-refractivity contribution in [1.82, 2.24) is 14.5 Å². The molecule has 1 amide bonds. The van der Waals surface area contributed by atoms with E-state index in [4.69, 9.17) is 14.5 Å². The van der Waals surface area contributed by atoms with Crippen LogP contribution in [0.15, 0.2) is 28.2 Å². The summed E-state index contributed by atoms with van der Waals surface area (Å²) in [4.78, 5) is 34.7. The summed E-state index contributed by atoms with van der Waals surface area (Å²) in [7, 11) is 4.96. The summed E-state index contributed by atoms with van der Waals surface area (Å²) < 4.78 is 12.3. The van der Waals surface area contributed by atoms with Gasteiger partial charge in [-0.25, -0.2) is 4.98 Å². The van der Waals surface area contributed by atoms with Crippen LogP contribution in [0.4, 0.5) is 0 Å². The maximum atomic E-state index is 13.2. The SMILES string of the molecule is CCn1c(SCC(=O)N(C)Cc2ccc(OC)c(OC)c2)nc2sc3c(c2c1=O)CCCC3. The van der Waals surface area contributed by atoms with Crippen molar-refractivity contribution in [2.24, 2.45) is 0 Å². The molecule has 33 heavy (non-hydrogen) atoms. The summed E-state index contributed by atoms with van der Waals surface area (Å²) in [5.41, 5.74) is 2.17. The minimum Gasteiger partial charge on any atom is -0.493 e. The molecule has 4 rings (SSSR count). The smallest absolute Gasteiger partial charge is 0.263 e. The molecule has 3 aromatic rings. The van der Waals surface area contributed by atoms with E-state index in [9.17, 15) is 9.59 Å². The molecule has 0 saturated heterocycles. The van der Waals surface area contributed by atoms with Crippen molar-refractivity contribution in [3.05, 3.63) is 44.6 Å². The molecule has 2 heterocycles. The number of thioether (sulfide) groups is 1. The third kappa shape index (κ3) is 4.75. The van der Waals surface area contributed by atoms with Gasteiger partial charge in [0.25, 0.3) is 5.56 Å². The first-order valence-corrected chi connectivity index (χ1v) is 12.9. The van der Waals surface area contributed by atoms with Gasteiger partial charge in [0, 0.05) is 25.0 Å². The Morgan fingerprint density at radius 2 is 1.97 bits per heavy atom. The zero-order valence-corrected chi connectivity index (χ0v) is 21.1. The monoisotopic (exact) mass is 487 g/mol. The number of aromatic nitrogens is 2. The summed E-state index contributed by atoms with van der Waals surface area (Å²) in [5, 5.41) is 1.40. The van der Waals surface area contributed by atoms with Crippen molar-refractivity contribution in [3.63, 3.8) is 0 Å². The summed E-state index contributed by atoms with van der Waals surface area (Å²) in [6.07, 6.45) is 4.29. The molecule has 0 saturated carbocycles. The van der Waals surface area contributed by atoms with E-state index in [2.05, 4.69) is 0 Å². The van der Waals surface area contributed by atoms with Gasteiger partial charge in [0.1, 0.15) is 4.83 Å². The van der Waals surface area contributed by atoms with Gasteiger partial charge in [-0.15, -0.1) is 11.3 Å². The van der Waals surface area contributed by atoms with Gasteiger partial charge in [0.2, 0.25) is 5.91 Å². The number of benzene rings is 1. The highest BCUT2D eigenvalue weighted by Gasteiger charge is 2.22. The van der Waals surface area contributed by atoms with E-state index in [-0.39, 0.29) is 17.2 Å². The van der Waals surface area contributed by atoms with Crippen LogP contribution in [0.1, 0.15) is 35.8 Å². The van der Waals surface area contributed by atoms with Crippen LogP contribution in [-0.2, 0) is 30.7 Å². The lowest BCUT2D eigenvalue weighted by atomic mass is 9.97. The van der Waals surface area contributed by atoms with Crippen molar-refractivity contribution in [2.75, 3.05) is 27.0 Å². The van der Waals surface area contributed by atoms with Crippen LogP contribution >= 0.6 is 23.1 Å². The molecule has 0 radical (unpaired) electrons. The Morgan fingerprint density at radius 3 is 2.70 bits per heavy atom. The van der Waals surface area contributed by atoms with Crippen LogP contribution in [0.5, 0.6) is 11.5 Å². The van der Waals surface area contributed by atoms with Crippen LogP contribution in [-0.4, -0.2) is 47.4 Å². The van der Waals surface area contributed by atoms with E-state index >= 15 is 0 Å². The van der Waals surface area contributed by atoms with Crippen LogP contribution in [0.3, 0.4) is 0 Å². The van der Waals surface area contributed by atoms with Gasteiger partial charge < -0.3 is 14.4 Å². The number of methoxy groups -OCH3 is 2. The average molecular weight is 488 g/mol. The number of thiophene rings is 1. The standard InChI is InChI=1S/C24H29N3O4S2/c1-5-27-23(29)21-16-8-6-7-9-19(16)33-22(21)25-24(27)32-14-20(28)26(2)13-15-10-11-17(30-3)18(12-15)31-4/h10-12H,5-9,13-14H2,1-4H3. The molecule has 9 heteroatoms. The largest absolute Gasteiger partial charge is 0.493 e. The fourth-order valence-corrected chi connectivity index (χ4v) is 6.49. The number of rotatable bonds is 8. The van der Waals surface area contributed by atoms with Crippen molar-refractivity contribution >= 4 is 39.2 Å². The minimum absolute atomic E-state index is 0.0236. The van der Waals surface area contributed by atoms with Gasteiger partial charge in [-0.05, 0) is 55.9 Å². The molecule has 1 aliphatic rings. The van der Waals surface area contributed by atoms with Crippen molar-refractivity contribution in [3.8, 4) is 11.5 Å². The lowest BCUT2D eigenvalue weighted by Crippen LogP contribution is -2.28. The number of fused-ring (bicyclic) bond motifs is 3. The number of nitrogens with zero attached hydrogens (tertiary/aromatic N) is 3. The Labute approximate surface area is 201 Å². The Morgan fingerprint density at radius 1 is 1.21 bits per heavy atom. The molecule has 0 unspecified atom stereocenters. The number of hydrogen-bond acceptors (Lipinski definition) is 7. The maximum absolute atomic E-state index is 13.2. The van der Waals surface area contributed by atoms with Gasteiger partial charge in [0.15, 0.2) is 16.7 Å². The molecule has 7 nitrogen and oxygen atoms in total. The first kappa shape index (κ1) is 23.6. The van der Waals surface area contributed by atoms with Gasteiger partial charge in [-0.1, -0.05) is 17.8 Å². The van der Waals surface area contributed by atoms with Crippen molar-refractivity contribution in [2.45, 2.75) is 50.9 Å². The zero-order chi connectivity index (χ0) is 23.5. The van der Waals surface area contributed by atoms with Crippen molar-refractivity contribution in [1.29, 1.82) is 0 Å². The van der Waals surface area contributed by atoms with E-state index in [0.717, 1.165) is 35.0 Å². The fraction of sp³-hybridized carbons (Fsp3) is 0.458. The Hall–Kier alpha value is -2.52. The molecule has 0 spiro atoms. The lowest BCUT2D eigenvalue weighted by Gasteiger charge is -2.18. The first-order valence-electron chi connectivity index (χ1n) is 11.1. The van der Waals surface area contributed by atoms with E-state index in [1.165, 1.54) is 28.6 Å². The Kier molecular flexibility index (Phi) is 7.29. The van der Waals surface area contributed by atoms with Gasteiger partial charge >= 0.3 is 0 Å². The number of ether oxygens (including phenoxy) is 2. The highest BCUT2D eigenvalue weighted by molar-refractivity contribution is 7.99. The molecule has 1 aliphatic carbocycles. The van der Waals surface area contributed by atoms with E-state index in [0.29, 0.717) is 29.7 Å². The number of carbonyl (C=O) groups excluding carboxylic acids is 1. The highest BCUT2D eigenvalue weighted by atomic mass is 32.2. The molecule has 0 N–H and O–H groups in total. The highest BCUT2D eigenvalue weighted by Crippen LogP contribution is 2.34. The normalized spacial score (nSPS) is 13.1. The summed E-state index contributed by atoms with van der Waals surface area (Å²) in [5.74, 6) is 1.47. The van der Waals surface area contributed by atoms with Crippen LogP contribution in [0, 0.1) is 0 Å². The summed E-state index contributed by atoms with van der Waals surface area (Å²) in [6.45, 7) is 2.93. The molecule has 0 aliphatic heterocycles. The summed E-state index contributed by atoms with van der Waals surface area (Å²) >= 11 is 2.97. The van der Waals surface area contributed by atoms with E-state index < -0.39 is 0 Å². The molecule has 176 valence electrons. The molecular formula is C24H29N3O4S2. The second kappa shape index (κ2) is 10.2. The van der Waals surface area contributed by atoms with Crippen LogP contribution in [0.2, 0.25) is 0 Å². The number of amides is 1. The van der Waals surface area contributed by atoms with Gasteiger partial charge in [-0.3, -0.25) is 14.2 Å². The maximum Gasteiger partial charge on any atom is 0.263 e. The number of aryl methyl sites for hydroxylation is 2. The lowest BCUT2D eigenvalue weighted by molar-refractivity contribution is -0.127. The molecule has 2 aromatic heterocycles. The molecular weight excluding hydrogens is 458 g/mol. The topological polar surface area (TPSA) is 73.7 Å². The van der Waals surface area contributed by atoms with Crippen LogP contribution in [0.25, 0.3) is 10.2 Å². The molecule has 0 atom stereocenters. The average Bonchev–Trinajstić information content (AvgIpc) is 3.21. The van der Waals surface area contributed by atoms with Gasteiger partial charge in [0.05, 0.1) is 25.4 Å². The fourth-order valence-electron chi connectivity index (χ4n) is 4.19. The third-order valence-electron chi connectivity index (χ3n) is 5.97. The first-order chi connectivity index (χ1) is 16.0. The third-order valence-corrected chi connectivity index (χ3v) is 8.12. The molecule has 0 fully saturated rings. The second-order valence-corrected chi connectivity index (χ2v) is 10.1. The van der Waals surface area contributed by atoms with Crippen molar-refractivity contribution < 1.29 is 14.3 Å². The van der Waals surface area contributed by atoms with E-state index in [1.54, 1.807) is 42.1 Å². The summed E-state index contributed by atoms with van der Waals surface area (Å²) in [6, 6.07) is 5.63. The van der Waals surface area contributed by atoms with Gasteiger partial charge in [-0.2, -0.15) is 0 Å². The Bertz CT molecular complexity index is 1230. The predicted molar refractivity (Wildman–Crippen MR) is 133 cm³/mol. The quantitative estimate of drug-likeness (QED) is 0.351. The van der Waals surface area contributed by atoms with Crippen LogP contribution < -0.4 is 15.0 Å². The Balaban J connectivity index is 1.49. The number of hydrogen-bond donors (Lipinski definition) is 0. The molecule has 1 aromatic carbocycles. The number of carbonyl (C=O) groups is 1. The second-order valence-electron chi connectivity index (χ2n) is 8.06. The molecule has 0 bridgehead atoms. The predicted octanol–water partition coefficient (Wildman–Crippen LogP) is 4.12. The van der Waals surface area contributed by atoms with E-state index in [1.807, 2.05) is 25.1 Å². The zero-order valence-electron chi connectivity index (χ0n) is 19.5.